The molecule has 2 aromatic rings. The fourth-order valence-corrected chi connectivity index (χ4v) is 2.64. The molecule has 108 valence electrons. The molecule has 21 heavy (non-hydrogen) atoms. The Hall–Kier alpha value is -2.20. The number of carbonyl (C=O) groups excluding carboxylic acids is 1. The lowest BCUT2D eigenvalue weighted by atomic mass is 9.92. The van der Waals surface area contributed by atoms with Crippen molar-refractivity contribution < 1.29 is 9.53 Å². The summed E-state index contributed by atoms with van der Waals surface area (Å²) in [6, 6.07) is 12.6. The first-order valence-corrected chi connectivity index (χ1v) is 7.10. The molecule has 0 aliphatic carbocycles. The van der Waals surface area contributed by atoms with E-state index in [1.165, 1.54) is 0 Å². The van der Waals surface area contributed by atoms with Crippen LogP contribution in [0.15, 0.2) is 42.5 Å². The number of nitrogens with one attached hydrogen (secondary N) is 1. The van der Waals surface area contributed by atoms with Crippen LogP contribution in [-0.4, -0.2) is 12.5 Å². The highest BCUT2D eigenvalue weighted by Crippen LogP contribution is 2.34. The monoisotopic (exact) mass is 302 g/mol. The molecular weight excluding hydrogens is 288 g/mol. The standard InChI is InChI=1S/C16H15ClN2O2/c17-10-5-6-13(18)14(9-10)19-16(20)12-7-8-21-15-4-2-1-3-11(12)15/h1-6,9,12H,7-8,18H2,(H,19,20). The van der Waals surface area contributed by atoms with Crippen molar-refractivity contribution in [2.24, 2.45) is 0 Å². The van der Waals surface area contributed by atoms with Gasteiger partial charge in [0.1, 0.15) is 5.75 Å². The lowest BCUT2D eigenvalue weighted by Crippen LogP contribution is -2.26. The predicted molar refractivity (Wildman–Crippen MR) is 83.8 cm³/mol. The molecule has 0 bridgehead atoms. The minimum Gasteiger partial charge on any atom is -0.493 e. The summed E-state index contributed by atoms with van der Waals surface area (Å²) in [5.41, 5.74) is 7.80. The summed E-state index contributed by atoms with van der Waals surface area (Å²) >= 11 is 5.94. The number of hydrogen-bond donors (Lipinski definition) is 2. The number of fused-ring (bicyclic) bond motifs is 1. The van der Waals surface area contributed by atoms with Crippen molar-refractivity contribution in [1.82, 2.24) is 0 Å². The summed E-state index contributed by atoms with van der Waals surface area (Å²) in [5, 5.41) is 3.39. The molecule has 0 saturated heterocycles. The Morgan fingerprint density at radius 1 is 1.29 bits per heavy atom. The Balaban J connectivity index is 1.85. The molecule has 0 fully saturated rings. The summed E-state index contributed by atoms with van der Waals surface area (Å²) in [6.45, 7) is 0.528. The number of para-hydroxylation sites is 1. The van der Waals surface area contributed by atoms with Crippen molar-refractivity contribution in [3.05, 3.63) is 53.1 Å². The molecule has 4 nitrogen and oxygen atoms in total. The molecule has 0 aromatic heterocycles. The van der Waals surface area contributed by atoms with Crippen LogP contribution < -0.4 is 15.8 Å². The van der Waals surface area contributed by atoms with Crippen LogP contribution >= 0.6 is 11.6 Å². The fraction of sp³-hybridized carbons (Fsp3) is 0.188. The van der Waals surface area contributed by atoms with E-state index in [1.807, 2.05) is 24.3 Å². The minimum absolute atomic E-state index is 0.0975. The van der Waals surface area contributed by atoms with Crippen LogP contribution in [0, 0.1) is 0 Å². The Bertz CT molecular complexity index is 688. The number of carbonyl (C=O) groups is 1. The molecule has 1 aliphatic heterocycles. The van der Waals surface area contributed by atoms with Gasteiger partial charge in [-0.2, -0.15) is 0 Å². The van der Waals surface area contributed by atoms with Gasteiger partial charge in [0, 0.05) is 10.6 Å². The van der Waals surface area contributed by atoms with Gasteiger partial charge in [-0.25, -0.2) is 0 Å². The van der Waals surface area contributed by atoms with Crippen LogP contribution in [0.5, 0.6) is 5.75 Å². The van der Waals surface area contributed by atoms with Gasteiger partial charge in [0.15, 0.2) is 0 Å². The average Bonchev–Trinajstić information content (AvgIpc) is 2.50. The van der Waals surface area contributed by atoms with Gasteiger partial charge in [-0.1, -0.05) is 29.8 Å². The zero-order chi connectivity index (χ0) is 14.8. The number of benzene rings is 2. The molecule has 3 rings (SSSR count). The zero-order valence-electron chi connectivity index (χ0n) is 11.3. The van der Waals surface area contributed by atoms with Gasteiger partial charge >= 0.3 is 0 Å². The van der Waals surface area contributed by atoms with Crippen molar-refractivity contribution in [2.75, 3.05) is 17.7 Å². The van der Waals surface area contributed by atoms with E-state index >= 15 is 0 Å². The highest BCUT2D eigenvalue weighted by Gasteiger charge is 2.27. The van der Waals surface area contributed by atoms with Crippen LogP contribution in [0.1, 0.15) is 17.9 Å². The SMILES string of the molecule is Nc1ccc(Cl)cc1NC(=O)C1CCOc2ccccc21. The minimum atomic E-state index is -0.242. The quantitative estimate of drug-likeness (QED) is 0.835. The van der Waals surface area contributed by atoms with Gasteiger partial charge < -0.3 is 15.8 Å². The summed E-state index contributed by atoms with van der Waals surface area (Å²) in [4.78, 5) is 12.5. The number of anilines is 2. The Morgan fingerprint density at radius 2 is 2.10 bits per heavy atom. The van der Waals surface area contributed by atoms with E-state index in [2.05, 4.69) is 5.32 Å². The topological polar surface area (TPSA) is 64.3 Å². The summed E-state index contributed by atoms with van der Waals surface area (Å²) in [7, 11) is 0. The first-order chi connectivity index (χ1) is 10.1. The van der Waals surface area contributed by atoms with E-state index in [0.717, 1.165) is 11.3 Å². The van der Waals surface area contributed by atoms with Gasteiger partial charge in [0.25, 0.3) is 0 Å². The maximum atomic E-state index is 12.5. The molecule has 1 amide bonds. The highest BCUT2D eigenvalue weighted by atomic mass is 35.5. The second-order valence-electron chi connectivity index (χ2n) is 4.95. The predicted octanol–water partition coefficient (Wildman–Crippen LogP) is 3.43. The van der Waals surface area contributed by atoms with Crippen molar-refractivity contribution in [3.8, 4) is 5.75 Å². The molecule has 5 heteroatoms. The Morgan fingerprint density at radius 3 is 2.95 bits per heavy atom. The molecule has 0 spiro atoms. The smallest absolute Gasteiger partial charge is 0.232 e. The second-order valence-corrected chi connectivity index (χ2v) is 5.38. The van der Waals surface area contributed by atoms with Gasteiger partial charge in [-0.15, -0.1) is 0 Å². The molecular formula is C16H15ClN2O2. The molecule has 0 radical (unpaired) electrons. The van der Waals surface area contributed by atoms with E-state index < -0.39 is 0 Å². The number of hydrogen-bond acceptors (Lipinski definition) is 3. The van der Waals surface area contributed by atoms with E-state index in [4.69, 9.17) is 22.1 Å². The fourth-order valence-electron chi connectivity index (χ4n) is 2.47. The van der Waals surface area contributed by atoms with Crippen LogP contribution in [0.3, 0.4) is 0 Å². The summed E-state index contributed by atoms with van der Waals surface area (Å²) < 4.78 is 5.57. The number of amides is 1. The van der Waals surface area contributed by atoms with E-state index in [-0.39, 0.29) is 11.8 Å². The molecule has 0 saturated carbocycles. The third-order valence-corrected chi connectivity index (χ3v) is 3.78. The number of nitrogens with two attached hydrogens (primary N) is 1. The van der Waals surface area contributed by atoms with Gasteiger partial charge in [0.2, 0.25) is 5.91 Å². The first kappa shape index (κ1) is 13.8. The van der Waals surface area contributed by atoms with Crippen LogP contribution in [0.25, 0.3) is 0 Å². The van der Waals surface area contributed by atoms with Crippen molar-refractivity contribution in [3.63, 3.8) is 0 Å². The van der Waals surface area contributed by atoms with Crippen LogP contribution in [-0.2, 0) is 4.79 Å². The molecule has 1 aliphatic rings. The molecule has 1 unspecified atom stereocenters. The third kappa shape index (κ3) is 2.81. The Labute approximate surface area is 127 Å². The molecule has 1 heterocycles. The van der Waals surface area contributed by atoms with Gasteiger partial charge in [0.05, 0.1) is 23.9 Å². The highest BCUT2D eigenvalue weighted by molar-refractivity contribution is 6.31. The van der Waals surface area contributed by atoms with E-state index in [0.29, 0.717) is 29.4 Å². The number of ether oxygens (including phenoxy) is 1. The van der Waals surface area contributed by atoms with Crippen LogP contribution in [0.2, 0.25) is 5.02 Å². The van der Waals surface area contributed by atoms with E-state index in [9.17, 15) is 4.79 Å². The van der Waals surface area contributed by atoms with Gasteiger partial charge in [-0.05, 0) is 30.7 Å². The molecule has 3 N–H and O–H groups in total. The lowest BCUT2D eigenvalue weighted by molar-refractivity contribution is -0.118. The van der Waals surface area contributed by atoms with Crippen LogP contribution in [0.4, 0.5) is 11.4 Å². The largest absolute Gasteiger partial charge is 0.493 e. The second kappa shape index (κ2) is 5.66. The zero-order valence-corrected chi connectivity index (χ0v) is 12.1. The molecule has 1 atom stereocenters. The molecule has 2 aromatic carbocycles. The average molecular weight is 303 g/mol. The van der Waals surface area contributed by atoms with Crippen molar-refractivity contribution >= 4 is 28.9 Å². The van der Waals surface area contributed by atoms with Crippen molar-refractivity contribution in [1.29, 1.82) is 0 Å². The van der Waals surface area contributed by atoms with Crippen molar-refractivity contribution in [2.45, 2.75) is 12.3 Å². The summed E-state index contributed by atoms with van der Waals surface area (Å²) in [6.07, 6.45) is 0.642. The number of rotatable bonds is 2. The lowest BCUT2D eigenvalue weighted by Gasteiger charge is -2.25. The number of nitrogen functional groups attached to an aromatic ring is 1. The summed E-state index contributed by atoms with van der Waals surface area (Å²) in [5.74, 6) is 0.427. The normalized spacial score (nSPS) is 16.7. The first-order valence-electron chi connectivity index (χ1n) is 6.73. The maximum absolute atomic E-state index is 12.5. The Kier molecular flexibility index (Phi) is 3.71. The van der Waals surface area contributed by atoms with Gasteiger partial charge in [-0.3, -0.25) is 4.79 Å². The maximum Gasteiger partial charge on any atom is 0.232 e. The van der Waals surface area contributed by atoms with E-state index in [1.54, 1.807) is 18.2 Å². The number of halogens is 1. The third-order valence-electron chi connectivity index (χ3n) is 3.55.